The molecule has 0 bridgehead atoms. The van der Waals surface area contributed by atoms with Gasteiger partial charge in [0, 0.05) is 20.3 Å². The summed E-state index contributed by atoms with van der Waals surface area (Å²) >= 11 is 0. The third kappa shape index (κ3) is 2.94. The molecule has 2 aliphatic heterocycles. The number of carbonyl (C=O) groups is 1. The molecule has 3 atom stereocenters. The Morgan fingerprint density at radius 2 is 2.29 bits per heavy atom. The largest absolute Gasteiger partial charge is 0.378 e. The molecule has 0 aromatic carbocycles. The summed E-state index contributed by atoms with van der Waals surface area (Å²) in [7, 11) is 1.52. The van der Waals surface area contributed by atoms with E-state index in [2.05, 4.69) is 10.6 Å². The molecule has 98 valence electrons. The van der Waals surface area contributed by atoms with E-state index >= 15 is 0 Å². The Morgan fingerprint density at radius 1 is 1.47 bits per heavy atom. The van der Waals surface area contributed by atoms with Crippen molar-refractivity contribution in [3.05, 3.63) is 0 Å². The van der Waals surface area contributed by atoms with Crippen LogP contribution in [-0.4, -0.2) is 62.5 Å². The highest BCUT2D eigenvalue weighted by Crippen LogP contribution is 2.18. The summed E-state index contributed by atoms with van der Waals surface area (Å²) in [6.07, 6.45) is -0.0894. The molecule has 2 saturated heterocycles. The first-order valence-corrected chi connectivity index (χ1v) is 6.12. The molecule has 2 fully saturated rings. The van der Waals surface area contributed by atoms with Crippen molar-refractivity contribution in [1.82, 2.24) is 15.5 Å². The monoisotopic (exact) mass is 245 g/mol. The number of nitrogens with one attached hydrogen (secondary N) is 2. The average Bonchev–Trinajstić information content (AvgIpc) is 2.39. The van der Waals surface area contributed by atoms with Crippen LogP contribution in [0.1, 0.15) is 12.8 Å². The molecule has 0 aromatic rings. The van der Waals surface area contributed by atoms with Crippen LogP contribution in [0.4, 0.5) is 4.39 Å². The van der Waals surface area contributed by atoms with E-state index < -0.39 is 6.17 Å². The number of alkyl halides is 1. The van der Waals surface area contributed by atoms with E-state index in [-0.39, 0.29) is 24.6 Å². The van der Waals surface area contributed by atoms with Gasteiger partial charge in [-0.15, -0.1) is 0 Å². The fraction of sp³-hybridized carbons (Fsp3) is 0.909. The molecular weight excluding hydrogens is 225 g/mol. The van der Waals surface area contributed by atoms with E-state index in [4.69, 9.17) is 4.74 Å². The van der Waals surface area contributed by atoms with Crippen LogP contribution in [-0.2, 0) is 9.53 Å². The minimum absolute atomic E-state index is 0.0173. The minimum atomic E-state index is -1.07. The summed E-state index contributed by atoms with van der Waals surface area (Å²) in [6, 6.07) is -0.164. The van der Waals surface area contributed by atoms with Crippen LogP contribution in [0.3, 0.4) is 0 Å². The molecule has 2 N–H and O–H groups in total. The molecule has 5 nitrogen and oxygen atoms in total. The highest BCUT2D eigenvalue weighted by molar-refractivity contribution is 5.82. The third-order valence-electron chi connectivity index (χ3n) is 3.48. The van der Waals surface area contributed by atoms with Gasteiger partial charge in [0.2, 0.25) is 5.91 Å². The van der Waals surface area contributed by atoms with Gasteiger partial charge in [0.05, 0.1) is 18.7 Å². The molecule has 1 unspecified atom stereocenters. The lowest BCUT2D eigenvalue weighted by atomic mass is 10.0. The second-order valence-corrected chi connectivity index (χ2v) is 4.59. The molecule has 0 spiro atoms. The van der Waals surface area contributed by atoms with Crippen molar-refractivity contribution < 1.29 is 13.9 Å². The number of hydrogen-bond acceptors (Lipinski definition) is 4. The Hall–Kier alpha value is -0.720. The maximum atomic E-state index is 13.7. The second kappa shape index (κ2) is 5.75. The quantitative estimate of drug-likeness (QED) is 0.687. The van der Waals surface area contributed by atoms with Crippen LogP contribution in [0.15, 0.2) is 0 Å². The van der Waals surface area contributed by atoms with Gasteiger partial charge in [-0.3, -0.25) is 10.1 Å². The number of amides is 1. The topological polar surface area (TPSA) is 53.6 Å². The van der Waals surface area contributed by atoms with Gasteiger partial charge >= 0.3 is 0 Å². The van der Waals surface area contributed by atoms with E-state index in [0.717, 1.165) is 13.0 Å². The third-order valence-corrected chi connectivity index (χ3v) is 3.48. The predicted octanol–water partition coefficient (Wildman–Crippen LogP) is -0.519. The summed E-state index contributed by atoms with van der Waals surface area (Å²) in [5, 5.41) is 6.22. The summed E-state index contributed by atoms with van der Waals surface area (Å²) in [4.78, 5) is 13.7. The number of halogens is 1. The molecule has 17 heavy (non-hydrogen) atoms. The predicted molar refractivity (Wildman–Crippen MR) is 61.3 cm³/mol. The van der Waals surface area contributed by atoms with Gasteiger partial charge in [-0.1, -0.05) is 0 Å². The highest BCUT2D eigenvalue weighted by atomic mass is 19.1. The van der Waals surface area contributed by atoms with Crippen molar-refractivity contribution in [3.63, 3.8) is 0 Å². The number of rotatable bonds is 2. The van der Waals surface area contributed by atoms with E-state index in [1.54, 1.807) is 4.90 Å². The normalized spacial score (nSPS) is 34.7. The van der Waals surface area contributed by atoms with Gasteiger partial charge in [-0.05, 0) is 19.4 Å². The van der Waals surface area contributed by atoms with Crippen molar-refractivity contribution in [2.45, 2.75) is 31.2 Å². The number of hydrogen-bond donors (Lipinski definition) is 2. The number of piperidine rings is 1. The Kier molecular flexibility index (Phi) is 4.31. The number of carbonyl (C=O) groups excluding carboxylic acids is 1. The zero-order chi connectivity index (χ0) is 12.3. The SMILES string of the molecule is CO[C@H]1CCN(C(=O)C2CCNCN2)C[C@H]1F. The van der Waals surface area contributed by atoms with Gasteiger partial charge in [0.1, 0.15) is 6.17 Å². The van der Waals surface area contributed by atoms with Gasteiger partial charge in [-0.2, -0.15) is 0 Å². The van der Waals surface area contributed by atoms with E-state index in [0.29, 0.717) is 19.6 Å². The Bertz CT molecular complexity index is 271. The number of ether oxygens (including phenoxy) is 1. The van der Waals surface area contributed by atoms with E-state index in [9.17, 15) is 9.18 Å². The zero-order valence-electron chi connectivity index (χ0n) is 10.1. The van der Waals surface area contributed by atoms with Gasteiger partial charge in [-0.25, -0.2) is 4.39 Å². The molecule has 0 saturated carbocycles. The molecule has 0 aromatic heterocycles. The van der Waals surface area contributed by atoms with Crippen LogP contribution in [0, 0.1) is 0 Å². The molecule has 0 aliphatic carbocycles. The maximum absolute atomic E-state index is 13.7. The Morgan fingerprint density at radius 3 is 2.88 bits per heavy atom. The number of likely N-dealkylation sites (tertiary alicyclic amines) is 1. The van der Waals surface area contributed by atoms with Crippen molar-refractivity contribution in [2.24, 2.45) is 0 Å². The molecular formula is C11H20FN3O2. The minimum Gasteiger partial charge on any atom is -0.378 e. The molecule has 2 rings (SSSR count). The summed E-state index contributed by atoms with van der Waals surface area (Å²) < 4.78 is 18.7. The van der Waals surface area contributed by atoms with E-state index in [1.807, 2.05) is 0 Å². The van der Waals surface area contributed by atoms with Gasteiger partial charge < -0.3 is 15.0 Å². The summed E-state index contributed by atoms with van der Waals surface area (Å²) in [6.45, 7) is 2.22. The number of methoxy groups -OCH3 is 1. The Balaban J connectivity index is 1.87. The van der Waals surface area contributed by atoms with Crippen molar-refractivity contribution in [3.8, 4) is 0 Å². The fourth-order valence-electron chi connectivity index (χ4n) is 2.41. The smallest absolute Gasteiger partial charge is 0.239 e. The maximum Gasteiger partial charge on any atom is 0.239 e. The summed E-state index contributed by atoms with van der Waals surface area (Å²) in [5.74, 6) is 0.0173. The Labute approximate surface area is 101 Å². The highest BCUT2D eigenvalue weighted by Gasteiger charge is 2.34. The summed E-state index contributed by atoms with van der Waals surface area (Å²) in [5.41, 5.74) is 0. The van der Waals surface area contributed by atoms with Gasteiger partial charge in [0.25, 0.3) is 0 Å². The molecule has 6 heteroatoms. The van der Waals surface area contributed by atoms with Crippen molar-refractivity contribution in [1.29, 1.82) is 0 Å². The molecule has 2 aliphatic rings. The first-order chi connectivity index (χ1) is 8.22. The lowest BCUT2D eigenvalue weighted by Gasteiger charge is -2.36. The average molecular weight is 245 g/mol. The van der Waals surface area contributed by atoms with Gasteiger partial charge in [0.15, 0.2) is 0 Å². The standard InChI is InChI=1S/C11H20FN3O2/c1-17-10-3-5-15(6-8(10)12)11(16)9-2-4-13-7-14-9/h8-10,13-14H,2-7H2,1H3/t8-,9?,10+/m1/s1. The van der Waals surface area contributed by atoms with Crippen LogP contribution in [0.5, 0.6) is 0 Å². The van der Waals surface area contributed by atoms with Crippen LogP contribution in [0.25, 0.3) is 0 Å². The fourth-order valence-corrected chi connectivity index (χ4v) is 2.41. The van der Waals surface area contributed by atoms with Crippen molar-refractivity contribution >= 4 is 5.91 Å². The lowest BCUT2D eigenvalue weighted by molar-refractivity contribution is -0.139. The lowest BCUT2D eigenvalue weighted by Crippen LogP contribution is -2.57. The first-order valence-electron chi connectivity index (χ1n) is 6.12. The van der Waals surface area contributed by atoms with Crippen LogP contribution in [0.2, 0.25) is 0 Å². The van der Waals surface area contributed by atoms with E-state index in [1.165, 1.54) is 7.11 Å². The molecule has 0 radical (unpaired) electrons. The molecule has 1 amide bonds. The van der Waals surface area contributed by atoms with Crippen LogP contribution >= 0.6 is 0 Å². The zero-order valence-corrected chi connectivity index (χ0v) is 10.1. The van der Waals surface area contributed by atoms with Crippen molar-refractivity contribution in [2.75, 3.05) is 33.4 Å². The van der Waals surface area contributed by atoms with Crippen LogP contribution < -0.4 is 10.6 Å². The first kappa shape index (κ1) is 12.7. The number of nitrogens with zero attached hydrogens (tertiary/aromatic N) is 1. The second-order valence-electron chi connectivity index (χ2n) is 4.59. The molecule has 2 heterocycles.